The van der Waals surface area contributed by atoms with Crippen LogP contribution in [0.3, 0.4) is 0 Å². The van der Waals surface area contributed by atoms with Gasteiger partial charge in [-0.3, -0.25) is 4.98 Å². The SMILES string of the molecule is Cc1cnc(-c2nc(N)cnc2-c2ccc(O)c(Cl)c2)s1. The summed E-state index contributed by atoms with van der Waals surface area (Å²) in [4.78, 5) is 14.1. The Morgan fingerprint density at radius 2 is 2.00 bits per heavy atom. The fourth-order valence-corrected chi connectivity index (χ4v) is 2.82. The molecule has 3 aromatic rings. The highest BCUT2D eigenvalue weighted by molar-refractivity contribution is 7.14. The van der Waals surface area contributed by atoms with E-state index in [2.05, 4.69) is 15.0 Å². The normalized spacial score (nSPS) is 10.8. The highest BCUT2D eigenvalue weighted by Crippen LogP contribution is 2.34. The van der Waals surface area contributed by atoms with Crippen LogP contribution in [-0.2, 0) is 0 Å². The molecule has 0 bridgehead atoms. The van der Waals surface area contributed by atoms with E-state index < -0.39 is 0 Å². The predicted molar refractivity (Wildman–Crippen MR) is 84.4 cm³/mol. The molecule has 3 N–H and O–H groups in total. The number of halogens is 1. The van der Waals surface area contributed by atoms with E-state index in [1.165, 1.54) is 23.6 Å². The molecule has 0 unspecified atom stereocenters. The second kappa shape index (κ2) is 5.31. The highest BCUT2D eigenvalue weighted by atomic mass is 35.5. The maximum atomic E-state index is 9.53. The number of phenols is 1. The molecule has 0 radical (unpaired) electrons. The lowest BCUT2D eigenvalue weighted by Gasteiger charge is -2.07. The molecule has 0 aliphatic heterocycles. The Labute approximate surface area is 130 Å². The molecule has 2 heterocycles. The quantitative estimate of drug-likeness (QED) is 0.755. The molecule has 0 fully saturated rings. The van der Waals surface area contributed by atoms with Crippen LogP contribution >= 0.6 is 22.9 Å². The largest absolute Gasteiger partial charge is 0.506 e. The second-order valence-corrected chi connectivity index (χ2v) is 6.08. The van der Waals surface area contributed by atoms with Crippen molar-refractivity contribution in [2.45, 2.75) is 6.92 Å². The van der Waals surface area contributed by atoms with Gasteiger partial charge in [-0.2, -0.15) is 0 Å². The van der Waals surface area contributed by atoms with E-state index in [1.807, 2.05) is 6.92 Å². The van der Waals surface area contributed by atoms with Crippen molar-refractivity contribution in [1.82, 2.24) is 15.0 Å². The van der Waals surface area contributed by atoms with Gasteiger partial charge in [-0.25, -0.2) is 9.97 Å². The highest BCUT2D eigenvalue weighted by Gasteiger charge is 2.15. The lowest BCUT2D eigenvalue weighted by Crippen LogP contribution is -1.98. The maximum absolute atomic E-state index is 9.53. The lowest BCUT2D eigenvalue weighted by molar-refractivity contribution is 0.475. The van der Waals surface area contributed by atoms with Crippen LogP contribution in [0.2, 0.25) is 5.02 Å². The first-order chi connectivity index (χ1) is 10.0. The fourth-order valence-electron chi connectivity index (χ4n) is 1.88. The minimum atomic E-state index is 0.0236. The Kier molecular flexibility index (Phi) is 3.48. The molecular formula is C14H11ClN4OS. The van der Waals surface area contributed by atoms with Crippen molar-refractivity contribution in [2.24, 2.45) is 0 Å². The third-order valence-corrected chi connectivity index (χ3v) is 4.06. The van der Waals surface area contributed by atoms with Gasteiger partial charge in [0.25, 0.3) is 0 Å². The molecule has 0 saturated carbocycles. The molecule has 7 heteroatoms. The van der Waals surface area contributed by atoms with Crippen LogP contribution in [0.4, 0.5) is 5.82 Å². The van der Waals surface area contributed by atoms with Crippen molar-refractivity contribution in [3.8, 4) is 27.7 Å². The summed E-state index contributed by atoms with van der Waals surface area (Å²) in [7, 11) is 0. The summed E-state index contributed by atoms with van der Waals surface area (Å²) >= 11 is 7.48. The van der Waals surface area contributed by atoms with Crippen LogP contribution in [0.25, 0.3) is 22.0 Å². The number of rotatable bonds is 2. The molecule has 2 aromatic heterocycles. The zero-order valence-electron chi connectivity index (χ0n) is 11.0. The first kappa shape index (κ1) is 13.8. The van der Waals surface area contributed by atoms with Crippen LogP contribution in [0, 0.1) is 6.92 Å². The van der Waals surface area contributed by atoms with Crippen molar-refractivity contribution in [2.75, 3.05) is 5.73 Å². The van der Waals surface area contributed by atoms with Gasteiger partial charge in [0.2, 0.25) is 0 Å². The molecular weight excluding hydrogens is 308 g/mol. The smallest absolute Gasteiger partial charge is 0.144 e. The third kappa shape index (κ3) is 2.68. The second-order valence-electron chi connectivity index (χ2n) is 4.43. The molecule has 0 amide bonds. The Balaban J connectivity index is 2.20. The van der Waals surface area contributed by atoms with E-state index in [4.69, 9.17) is 17.3 Å². The van der Waals surface area contributed by atoms with E-state index >= 15 is 0 Å². The molecule has 0 aliphatic rings. The number of nitrogens with two attached hydrogens (primary N) is 1. The molecule has 106 valence electrons. The number of aryl methyl sites for hydroxylation is 1. The van der Waals surface area contributed by atoms with E-state index in [-0.39, 0.29) is 10.8 Å². The zero-order valence-corrected chi connectivity index (χ0v) is 12.6. The zero-order chi connectivity index (χ0) is 15.0. The van der Waals surface area contributed by atoms with E-state index in [0.717, 1.165) is 15.4 Å². The summed E-state index contributed by atoms with van der Waals surface area (Å²) in [6.45, 7) is 1.97. The summed E-state index contributed by atoms with van der Waals surface area (Å²) in [5, 5.41) is 10.5. The maximum Gasteiger partial charge on any atom is 0.144 e. The van der Waals surface area contributed by atoms with Gasteiger partial charge in [-0.15, -0.1) is 11.3 Å². The number of anilines is 1. The first-order valence-electron chi connectivity index (χ1n) is 6.09. The van der Waals surface area contributed by atoms with Gasteiger partial charge in [0, 0.05) is 16.6 Å². The summed E-state index contributed by atoms with van der Waals surface area (Å²) in [5.74, 6) is 0.349. The van der Waals surface area contributed by atoms with Crippen molar-refractivity contribution in [3.05, 3.63) is 40.5 Å². The number of aromatic nitrogens is 3. The van der Waals surface area contributed by atoms with Crippen LogP contribution < -0.4 is 5.73 Å². The summed E-state index contributed by atoms with van der Waals surface area (Å²) in [5.41, 5.74) is 7.72. The van der Waals surface area contributed by atoms with Gasteiger partial charge in [0.05, 0.1) is 16.9 Å². The van der Waals surface area contributed by atoms with E-state index in [1.54, 1.807) is 18.3 Å². The number of aromatic hydroxyl groups is 1. The number of thiazole rings is 1. The van der Waals surface area contributed by atoms with Gasteiger partial charge in [-0.1, -0.05) is 11.6 Å². The molecule has 0 saturated heterocycles. The Morgan fingerprint density at radius 3 is 2.67 bits per heavy atom. The van der Waals surface area contributed by atoms with Gasteiger partial charge < -0.3 is 10.8 Å². The van der Waals surface area contributed by atoms with Crippen molar-refractivity contribution in [1.29, 1.82) is 0 Å². The van der Waals surface area contributed by atoms with Crippen LogP contribution in [0.1, 0.15) is 4.88 Å². The minimum Gasteiger partial charge on any atom is -0.506 e. The van der Waals surface area contributed by atoms with Gasteiger partial charge in [0.15, 0.2) is 0 Å². The van der Waals surface area contributed by atoms with Gasteiger partial charge in [-0.05, 0) is 25.1 Å². The monoisotopic (exact) mass is 318 g/mol. The number of nitrogens with zero attached hydrogens (tertiary/aromatic N) is 3. The number of phenolic OH excluding ortho intramolecular Hbond substituents is 1. The van der Waals surface area contributed by atoms with Crippen molar-refractivity contribution in [3.63, 3.8) is 0 Å². The fraction of sp³-hybridized carbons (Fsp3) is 0.0714. The molecule has 3 rings (SSSR count). The Hall–Kier alpha value is -2.18. The number of hydrogen-bond acceptors (Lipinski definition) is 6. The summed E-state index contributed by atoms with van der Waals surface area (Å²) < 4.78 is 0. The van der Waals surface area contributed by atoms with Gasteiger partial charge in [0.1, 0.15) is 22.3 Å². The molecule has 0 atom stereocenters. The summed E-state index contributed by atoms with van der Waals surface area (Å²) in [6.07, 6.45) is 3.26. The van der Waals surface area contributed by atoms with Crippen LogP contribution in [0.15, 0.2) is 30.6 Å². The molecule has 1 aromatic carbocycles. The first-order valence-corrected chi connectivity index (χ1v) is 7.28. The predicted octanol–water partition coefficient (Wildman–Crippen LogP) is 3.52. The number of hydrogen-bond donors (Lipinski definition) is 2. The van der Waals surface area contributed by atoms with Crippen molar-refractivity contribution >= 4 is 28.8 Å². The standard InChI is InChI=1S/C14H11ClN4OS/c1-7-5-18-14(21-7)13-12(17-6-11(16)19-13)8-2-3-10(20)9(15)4-8/h2-6,20H,1H3,(H2,16,19). The lowest BCUT2D eigenvalue weighted by atomic mass is 10.1. The molecule has 0 spiro atoms. The van der Waals surface area contributed by atoms with Crippen molar-refractivity contribution < 1.29 is 5.11 Å². The average Bonchev–Trinajstić information content (AvgIpc) is 2.88. The minimum absolute atomic E-state index is 0.0236. The molecule has 5 nitrogen and oxygen atoms in total. The summed E-state index contributed by atoms with van der Waals surface area (Å²) in [6, 6.07) is 4.89. The van der Waals surface area contributed by atoms with Gasteiger partial charge >= 0.3 is 0 Å². The van der Waals surface area contributed by atoms with Crippen LogP contribution in [0.5, 0.6) is 5.75 Å². The number of nitrogen functional groups attached to an aromatic ring is 1. The van der Waals surface area contributed by atoms with E-state index in [0.29, 0.717) is 17.2 Å². The third-order valence-electron chi connectivity index (χ3n) is 2.84. The van der Waals surface area contributed by atoms with Crippen LogP contribution in [-0.4, -0.2) is 20.1 Å². The molecule has 21 heavy (non-hydrogen) atoms. The Morgan fingerprint density at radius 1 is 1.19 bits per heavy atom. The van der Waals surface area contributed by atoms with E-state index in [9.17, 15) is 5.11 Å². The number of benzene rings is 1. The Bertz CT molecular complexity index is 818. The topological polar surface area (TPSA) is 84.9 Å². The molecule has 0 aliphatic carbocycles. The average molecular weight is 319 g/mol.